The van der Waals surface area contributed by atoms with Crippen molar-refractivity contribution in [2.24, 2.45) is 0 Å². The van der Waals surface area contributed by atoms with E-state index in [0.717, 1.165) is 0 Å². The maximum absolute atomic E-state index is 7.27. The molecule has 0 aliphatic heterocycles. The summed E-state index contributed by atoms with van der Waals surface area (Å²) in [6.45, 7) is 0. The number of pyridine rings is 1. The van der Waals surface area contributed by atoms with Gasteiger partial charge < -0.3 is 9.47 Å². The Labute approximate surface area is 62.4 Å². The molecule has 0 aliphatic carbocycles. The number of methoxy groups -OCH3 is 2. The third-order valence-electron chi connectivity index (χ3n) is 1.03. The quantitative estimate of drug-likeness (QED) is 0.618. The first-order valence-electron chi connectivity index (χ1n) is 3.75. The Hall–Kier alpha value is -1.25. The molecule has 0 aromatic carbocycles. The minimum absolute atomic E-state index is 0.0525. The fourth-order valence-electron chi connectivity index (χ4n) is 0.531. The third-order valence-corrected chi connectivity index (χ3v) is 1.03. The van der Waals surface area contributed by atoms with E-state index in [1.165, 1.54) is 20.3 Å². The average molecular weight is 141 g/mol. The zero-order chi connectivity index (χ0) is 9.14. The Bertz CT molecular complexity index is 266. The van der Waals surface area contributed by atoms with Crippen LogP contribution in [0.2, 0.25) is 0 Å². The Morgan fingerprint density at radius 1 is 1.30 bits per heavy atom. The molecule has 0 unspecified atom stereocenters. The molecule has 0 saturated carbocycles. The molecule has 3 heteroatoms. The van der Waals surface area contributed by atoms with Crippen LogP contribution in [0.5, 0.6) is 11.5 Å². The van der Waals surface area contributed by atoms with Crippen molar-refractivity contribution in [1.29, 1.82) is 0 Å². The summed E-state index contributed by atoms with van der Waals surface area (Å²) >= 11 is 0. The molecular formula is C7H9NO2. The molecule has 1 heterocycles. The molecule has 1 rings (SSSR count). The van der Waals surface area contributed by atoms with Gasteiger partial charge in [0, 0.05) is 6.07 Å². The molecule has 0 fully saturated rings. The van der Waals surface area contributed by atoms with E-state index in [-0.39, 0.29) is 12.3 Å². The maximum atomic E-state index is 7.27. The van der Waals surface area contributed by atoms with E-state index in [2.05, 4.69) is 4.98 Å². The Balaban J connectivity index is 3.18. The van der Waals surface area contributed by atoms with E-state index in [0.29, 0.717) is 11.5 Å². The van der Waals surface area contributed by atoms with E-state index < -0.39 is 0 Å². The molecular weight excluding hydrogens is 130 g/mol. The van der Waals surface area contributed by atoms with Gasteiger partial charge in [-0.15, -0.1) is 0 Å². The summed E-state index contributed by atoms with van der Waals surface area (Å²) in [6.07, 6.45) is -0.105. The van der Waals surface area contributed by atoms with Crippen LogP contribution in [-0.2, 0) is 0 Å². The van der Waals surface area contributed by atoms with Crippen molar-refractivity contribution in [3.8, 4) is 11.5 Å². The minimum atomic E-state index is -0.0525. The van der Waals surface area contributed by atoms with Gasteiger partial charge in [0.15, 0.2) is 0 Å². The molecule has 1 aromatic rings. The van der Waals surface area contributed by atoms with Crippen molar-refractivity contribution >= 4 is 0 Å². The number of aromatic nitrogens is 1. The molecule has 0 aliphatic rings. The van der Waals surface area contributed by atoms with E-state index in [1.54, 1.807) is 0 Å². The maximum Gasteiger partial charge on any atom is 0.140 e. The van der Waals surface area contributed by atoms with Crippen LogP contribution in [-0.4, -0.2) is 19.2 Å². The lowest BCUT2D eigenvalue weighted by molar-refractivity contribution is 0.391. The van der Waals surface area contributed by atoms with E-state index >= 15 is 0 Å². The fourth-order valence-corrected chi connectivity index (χ4v) is 0.531. The minimum Gasteiger partial charge on any atom is -0.495 e. The highest BCUT2D eigenvalue weighted by Gasteiger charge is 1.92. The van der Waals surface area contributed by atoms with Gasteiger partial charge in [0.05, 0.1) is 29.3 Å². The third kappa shape index (κ3) is 1.37. The summed E-state index contributed by atoms with van der Waals surface area (Å²) in [5.74, 6) is 0.616. The van der Waals surface area contributed by atoms with Gasteiger partial charge in [0.25, 0.3) is 0 Å². The molecule has 0 spiro atoms. The first kappa shape index (κ1) is 4.55. The second-order valence-electron chi connectivity index (χ2n) is 1.62. The van der Waals surface area contributed by atoms with Crippen LogP contribution in [0.3, 0.4) is 0 Å². The summed E-state index contributed by atoms with van der Waals surface area (Å²) in [6, 6.07) is 1.47. The van der Waals surface area contributed by atoms with Crippen LogP contribution in [0.15, 0.2) is 18.4 Å². The Kier molecular flexibility index (Phi) is 1.39. The molecule has 0 amide bonds. The van der Waals surface area contributed by atoms with Crippen molar-refractivity contribution in [2.75, 3.05) is 14.2 Å². The van der Waals surface area contributed by atoms with Gasteiger partial charge in [-0.25, -0.2) is 0 Å². The summed E-state index contributed by atoms with van der Waals surface area (Å²) in [7, 11) is 2.89. The fraction of sp³-hybridized carbons (Fsp3) is 0.286. The van der Waals surface area contributed by atoms with Gasteiger partial charge in [-0.1, -0.05) is 0 Å². The predicted octanol–water partition coefficient (Wildman–Crippen LogP) is 1.10. The summed E-state index contributed by atoms with van der Waals surface area (Å²) < 4.78 is 24.2. The molecule has 10 heavy (non-hydrogen) atoms. The van der Waals surface area contributed by atoms with Gasteiger partial charge in [-0.05, 0) is 0 Å². The van der Waals surface area contributed by atoms with Gasteiger partial charge in [0.2, 0.25) is 0 Å². The lowest BCUT2D eigenvalue weighted by Gasteiger charge is -2.00. The number of hydrogen-bond acceptors (Lipinski definition) is 3. The normalized spacial score (nSPS) is 11.8. The lowest BCUT2D eigenvalue weighted by Crippen LogP contribution is -1.87. The molecule has 0 N–H and O–H groups in total. The first-order valence-corrected chi connectivity index (χ1v) is 2.75. The Morgan fingerprint density at radius 2 is 1.80 bits per heavy atom. The van der Waals surface area contributed by atoms with Crippen LogP contribution in [0.25, 0.3) is 0 Å². The summed E-state index contributed by atoms with van der Waals surface area (Å²) in [4.78, 5) is 3.60. The second kappa shape index (κ2) is 3.06. The van der Waals surface area contributed by atoms with Crippen LogP contribution in [0, 0.1) is 0 Å². The van der Waals surface area contributed by atoms with Gasteiger partial charge in [-0.2, -0.15) is 0 Å². The van der Waals surface area contributed by atoms with Crippen LogP contribution >= 0.6 is 0 Å². The van der Waals surface area contributed by atoms with Crippen LogP contribution in [0.1, 0.15) is 2.74 Å². The molecule has 1 aromatic heterocycles. The van der Waals surface area contributed by atoms with E-state index in [9.17, 15) is 0 Å². The number of hydrogen-bond donors (Lipinski definition) is 0. The smallest absolute Gasteiger partial charge is 0.140 e. The Morgan fingerprint density at radius 3 is 2.20 bits per heavy atom. The first-order chi connectivity index (χ1) is 5.69. The van der Waals surface area contributed by atoms with E-state index in [1.807, 2.05) is 0 Å². The highest BCUT2D eigenvalue weighted by atomic mass is 16.5. The van der Waals surface area contributed by atoms with Crippen LogP contribution in [0.4, 0.5) is 0 Å². The largest absolute Gasteiger partial charge is 0.495 e. The zero-order valence-electron chi connectivity index (χ0n) is 7.84. The molecule has 0 atom stereocenters. The van der Waals surface area contributed by atoms with Crippen molar-refractivity contribution < 1.29 is 12.2 Å². The number of nitrogens with zero attached hydrogens (tertiary/aromatic N) is 1. The molecule has 3 nitrogen and oxygen atoms in total. The number of ether oxygens (including phenoxy) is 2. The standard InChI is InChI=1S/C7H9NO2/c1-9-6-3-7(10-2)5-8-4-6/h3-5H,1-2H3/i4D,5D. The number of rotatable bonds is 2. The van der Waals surface area contributed by atoms with Gasteiger partial charge in [0.1, 0.15) is 11.5 Å². The zero-order valence-corrected chi connectivity index (χ0v) is 5.84. The second-order valence-corrected chi connectivity index (χ2v) is 1.62. The summed E-state index contributed by atoms with van der Waals surface area (Å²) in [5.41, 5.74) is 0. The molecule has 54 valence electrons. The molecule has 0 radical (unpaired) electrons. The highest BCUT2D eigenvalue weighted by molar-refractivity contribution is 5.27. The average Bonchev–Trinajstić information content (AvgIpc) is 2.05. The van der Waals surface area contributed by atoms with Crippen molar-refractivity contribution in [3.63, 3.8) is 0 Å². The van der Waals surface area contributed by atoms with Crippen molar-refractivity contribution in [1.82, 2.24) is 4.98 Å². The summed E-state index contributed by atoms with van der Waals surface area (Å²) in [5, 5.41) is 0. The van der Waals surface area contributed by atoms with Crippen molar-refractivity contribution in [3.05, 3.63) is 18.4 Å². The van der Waals surface area contributed by atoms with Crippen molar-refractivity contribution in [2.45, 2.75) is 0 Å². The highest BCUT2D eigenvalue weighted by Crippen LogP contribution is 2.15. The van der Waals surface area contributed by atoms with E-state index in [4.69, 9.17) is 12.2 Å². The van der Waals surface area contributed by atoms with Gasteiger partial charge in [-0.3, -0.25) is 4.98 Å². The molecule has 0 saturated heterocycles. The lowest BCUT2D eigenvalue weighted by atomic mass is 10.4. The van der Waals surface area contributed by atoms with Crippen LogP contribution < -0.4 is 9.47 Å². The predicted molar refractivity (Wildman–Crippen MR) is 37.3 cm³/mol. The topological polar surface area (TPSA) is 31.4 Å². The van der Waals surface area contributed by atoms with Gasteiger partial charge >= 0.3 is 0 Å². The molecule has 0 bridgehead atoms. The monoisotopic (exact) mass is 141 g/mol. The SMILES string of the molecule is [2H]c1nc([2H])c(OC)cc1OC.